The van der Waals surface area contributed by atoms with Gasteiger partial charge >= 0.3 is 0 Å². The SMILES string of the molecule is C.C.C.C.COc1c(Br)cc(Br)cc1C(C)(C)C.COc1c(Cl)cc(Cl)cc1C(C)(C)C.COc1c(I)cc(I)cc1C(C)(C)C. The van der Waals surface area contributed by atoms with Gasteiger partial charge in [-0.25, -0.2) is 0 Å². The van der Waals surface area contributed by atoms with Crippen molar-refractivity contribution in [2.75, 3.05) is 21.3 Å². The van der Waals surface area contributed by atoms with Crippen LogP contribution in [0.1, 0.15) is 109 Å². The van der Waals surface area contributed by atoms with E-state index in [9.17, 15) is 0 Å². The summed E-state index contributed by atoms with van der Waals surface area (Å²) in [6.45, 7) is 19.4. The second-order valence-electron chi connectivity index (χ2n) is 12.7. The average molecular weight is 1040 g/mol. The molecule has 0 atom stereocenters. The van der Waals surface area contributed by atoms with Crippen molar-refractivity contribution in [2.24, 2.45) is 0 Å². The number of hydrogen-bond donors (Lipinski definition) is 0. The third-order valence-electron chi connectivity index (χ3n) is 6.06. The lowest BCUT2D eigenvalue weighted by Gasteiger charge is -2.23. The Hall–Kier alpha value is 0.0600. The lowest BCUT2D eigenvalue weighted by molar-refractivity contribution is 0.394. The van der Waals surface area contributed by atoms with Crippen molar-refractivity contribution in [3.05, 3.63) is 79.2 Å². The summed E-state index contributed by atoms with van der Waals surface area (Å²) in [6.07, 6.45) is 0. The van der Waals surface area contributed by atoms with Crippen LogP contribution in [0.2, 0.25) is 10.0 Å². The van der Waals surface area contributed by atoms with Crippen LogP contribution >= 0.6 is 100 Å². The van der Waals surface area contributed by atoms with Gasteiger partial charge in [-0.05, 0) is 114 Å². The molecule has 0 spiro atoms. The minimum Gasteiger partial charge on any atom is -0.495 e. The zero-order valence-electron chi connectivity index (χ0n) is 26.5. The van der Waals surface area contributed by atoms with Crippen molar-refractivity contribution >= 4 is 100 Å². The molecule has 0 aliphatic carbocycles. The van der Waals surface area contributed by atoms with Crippen LogP contribution in [0, 0.1) is 7.14 Å². The van der Waals surface area contributed by atoms with E-state index in [0.29, 0.717) is 15.8 Å². The Balaban J connectivity index is -0.000000276. The summed E-state index contributed by atoms with van der Waals surface area (Å²) in [5.41, 5.74) is 3.68. The molecule has 46 heavy (non-hydrogen) atoms. The molecule has 0 unspecified atom stereocenters. The minimum atomic E-state index is -0.0279. The third-order valence-corrected chi connectivity index (χ3v) is 9.03. The molecule has 0 aliphatic heterocycles. The fourth-order valence-electron chi connectivity index (χ4n) is 3.97. The number of benzene rings is 3. The van der Waals surface area contributed by atoms with Crippen LogP contribution in [0.25, 0.3) is 0 Å². The molecule has 0 fully saturated rings. The zero-order valence-corrected chi connectivity index (χ0v) is 35.5. The van der Waals surface area contributed by atoms with Crippen LogP contribution in [0.3, 0.4) is 0 Å². The van der Waals surface area contributed by atoms with Gasteiger partial charge < -0.3 is 14.2 Å². The van der Waals surface area contributed by atoms with Gasteiger partial charge in [-0.15, -0.1) is 0 Å². The van der Waals surface area contributed by atoms with Crippen molar-refractivity contribution in [2.45, 2.75) is 108 Å². The summed E-state index contributed by atoms with van der Waals surface area (Å²) < 4.78 is 20.6. The van der Waals surface area contributed by atoms with Gasteiger partial charge in [0.1, 0.15) is 17.2 Å². The molecule has 0 aromatic heterocycles. The fourth-order valence-corrected chi connectivity index (χ4v) is 8.00. The topological polar surface area (TPSA) is 27.7 Å². The Morgan fingerprint density at radius 3 is 1.33 bits per heavy atom. The maximum Gasteiger partial charge on any atom is 0.141 e. The summed E-state index contributed by atoms with van der Waals surface area (Å²) in [5.74, 6) is 2.64. The highest BCUT2D eigenvalue weighted by atomic mass is 127. The normalized spacial score (nSPS) is 10.6. The van der Waals surface area contributed by atoms with E-state index >= 15 is 0 Å². The Morgan fingerprint density at radius 1 is 0.543 bits per heavy atom. The zero-order chi connectivity index (χ0) is 32.8. The maximum atomic E-state index is 6.03. The van der Waals surface area contributed by atoms with E-state index in [1.807, 2.05) is 12.1 Å². The Morgan fingerprint density at radius 2 is 0.935 bits per heavy atom. The molecular weight excluding hydrogens is 977 g/mol. The van der Waals surface area contributed by atoms with Crippen molar-refractivity contribution in [3.8, 4) is 17.2 Å². The Kier molecular flexibility index (Phi) is 25.3. The average Bonchev–Trinajstić information content (AvgIpc) is 2.82. The molecule has 0 heterocycles. The van der Waals surface area contributed by atoms with Gasteiger partial charge in [0, 0.05) is 29.8 Å². The van der Waals surface area contributed by atoms with Gasteiger partial charge in [-0.3, -0.25) is 0 Å². The number of halogens is 6. The van der Waals surface area contributed by atoms with Gasteiger partial charge in [-0.1, -0.05) is 131 Å². The van der Waals surface area contributed by atoms with E-state index in [1.165, 1.54) is 18.3 Å². The fraction of sp³-hybridized carbons (Fsp3) is 0.514. The molecule has 0 N–H and O–H groups in total. The summed E-state index contributed by atoms with van der Waals surface area (Å²) in [6, 6.07) is 12.0. The number of rotatable bonds is 3. The van der Waals surface area contributed by atoms with E-state index in [1.54, 1.807) is 27.4 Å². The van der Waals surface area contributed by atoms with Crippen LogP contribution in [-0.2, 0) is 16.2 Å². The molecule has 3 aromatic rings. The summed E-state index contributed by atoms with van der Waals surface area (Å²) in [7, 11) is 5.05. The molecule has 0 radical (unpaired) electrons. The first-order valence-electron chi connectivity index (χ1n) is 13.2. The predicted octanol–water partition coefficient (Wildman–Crippen LogP) is 15.6. The lowest BCUT2D eigenvalue weighted by atomic mass is 9.86. The first kappa shape index (κ1) is 52.9. The van der Waals surface area contributed by atoms with Crippen LogP contribution in [-0.4, -0.2) is 21.3 Å². The molecule has 0 aliphatic rings. The third kappa shape index (κ3) is 15.7. The van der Waals surface area contributed by atoms with E-state index in [2.05, 4.69) is 158 Å². The minimum absolute atomic E-state index is 0. The van der Waals surface area contributed by atoms with Crippen molar-refractivity contribution in [1.29, 1.82) is 0 Å². The smallest absolute Gasteiger partial charge is 0.141 e. The highest BCUT2D eigenvalue weighted by Gasteiger charge is 2.23. The quantitative estimate of drug-likeness (QED) is 0.245. The number of ether oxygens (including phenoxy) is 3. The van der Waals surface area contributed by atoms with E-state index in [0.717, 1.165) is 26.0 Å². The molecule has 3 aromatic carbocycles. The van der Waals surface area contributed by atoms with Crippen molar-refractivity contribution < 1.29 is 14.2 Å². The maximum absolute atomic E-state index is 6.03. The van der Waals surface area contributed by atoms with Gasteiger partial charge in [0.15, 0.2) is 0 Å². The first-order chi connectivity index (χ1) is 19.1. The molecular formula is C37H58Br2Cl2I2O3. The van der Waals surface area contributed by atoms with Gasteiger partial charge in [0.05, 0.1) is 34.4 Å². The monoisotopic (exact) mass is 1030 g/mol. The standard InChI is InChI=1S/C11H14Br2O.C11H14Cl2O.C11H14I2O.4CH4/c3*1-11(2,3)8-5-7(12)6-9(13)10(8)14-4;;;;/h3*5-6H,1-4H3;4*1H4. The van der Waals surface area contributed by atoms with Crippen molar-refractivity contribution in [3.63, 3.8) is 0 Å². The van der Waals surface area contributed by atoms with Gasteiger partial charge in [0.25, 0.3) is 0 Å². The van der Waals surface area contributed by atoms with Crippen LogP contribution < -0.4 is 14.2 Å². The molecule has 0 bridgehead atoms. The first-order valence-corrected chi connectivity index (χ1v) is 17.7. The second-order valence-corrected chi connectivity index (χ2v) is 17.7. The molecule has 3 rings (SSSR count). The molecule has 266 valence electrons. The number of hydrogen-bond acceptors (Lipinski definition) is 3. The van der Waals surface area contributed by atoms with Gasteiger partial charge in [0.2, 0.25) is 0 Å². The highest BCUT2D eigenvalue weighted by molar-refractivity contribution is 14.1. The molecule has 0 saturated heterocycles. The summed E-state index contributed by atoms with van der Waals surface area (Å²) >= 11 is 23.6. The Labute approximate surface area is 337 Å². The van der Waals surface area contributed by atoms with E-state index < -0.39 is 0 Å². The summed E-state index contributed by atoms with van der Waals surface area (Å²) in [5, 5.41) is 1.20. The van der Waals surface area contributed by atoms with E-state index in [4.69, 9.17) is 37.4 Å². The van der Waals surface area contributed by atoms with Crippen LogP contribution in [0.5, 0.6) is 17.2 Å². The van der Waals surface area contributed by atoms with Crippen LogP contribution in [0.4, 0.5) is 0 Å². The summed E-state index contributed by atoms with van der Waals surface area (Å²) in [4.78, 5) is 0. The second kappa shape index (κ2) is 22.0. The van der Waals surface area contributed by atoms with Crippen molar-refractivity contribution in [1.82, 2.24) is 0 Å². The molecule has 0 amide bonds. The highest BCUT2D eigenvalue weighted by Crippen LogP contribution is 2.40. The molecule has 3 nitrogen and oxygen atoms in total. The predicted molar refractivity (Wildman–Crippen MR) is 233 cm³/mol. The molecule has 9 heteroatoms. The van der Waals surface area contributed by atoms with Gasteiger partial charge in [-0.2, -0.15) is 0 Å². The number of methoxy groups -OCH3 is 3. The molecule has 0 saturated carbocycles. The largest absolute Gasteiger partial charge is 0.495 e. The lowest BCUT2D eigenvalue weighted by Crippen LogP contribution is -2.13. The van der Waals surface area contributed by atoms with E-state index in [-0.39, 0.29) is 46.0 Å². The van der Waals surface area contributed by atoms with Crippen LogP contribution in [0.15, 0.2) is 45.3 Å². The Bertz CT molecular complexity index is 1200.